The van der Waals surface area contributed by atoms with Gasteiger partial charge in [-0.1, -0.05) is 117 Å². The summed E-state index contributed by atoms with van der Waals surface area (Å²) in [6.45, 7) is 45.2. The number of aromatic amines is 1. The number of nitrogens with zero attached hydrogens (tertiary/aromatic N) is 11. The standard InChI is InChI=1S/C29H34N6O2.C27H38BN3O5.C21H26BrN3O3.C13H16BrN3O.C11H17N3O2.C10H11BrO2/c1-29(2,28(37)32-26-18-24(33-34-26)20-10-11-20)23-8-5-7-21(17-23)22-12-13-25(30-19-22)31-27(36)9-6-16-35-14-3-4-15-35;1-24(2,3)34-23(33)31-20(17-13-14-17)16-21(30-31)29-22(32)25(4,5)18-11-10-12-19(15-18)28-35-26(6,7)27(8,9)36-28;1-20(2,3)28-19(27)25-16(13-9-10-13)12-17(24-25)23-18(26)21(4,5)14-7-6-8-15(22)11-14;14-11-5-6-12(15-10-11)16-13(18)4-3-9-17-7-1-2-8-17;1-11(2,3)16-10(15)14-8(7-4-5-7)6-9(12)13-14;1-10(2,9(12)13)7-4-3-5-8(11)6-7/h5-9,12-13,17-20H,3-4,10-11,14-16H2,1-2H3,(H,30,31,36)(H2,32,33,34,37);10-12,15-17H,13-14H2,1-9H3,(H,29,30,32);6-8,11-13H,9-10H2,1-5H3,(H,23,24,26);3-6,10H,1-2,7-9H2,(H,15,16,18);6-7H,4-5H2,1-3H3,(H2,12,13);3-6H,1-2H3,(H,12,13)/b9-6+;;;4-3+;;. The highest BCUT2D eigenvalue weighted by Crippen LogP contribution is 2.46. The van der Waals surface area contributed by atoms with Crippen LogP contribution in [-0.4, -0.2) is 193 Å². The van der Waals surface area contributed by atoms with Crippen molar-refractivity contribution < 1.29 is 71.8 Å². The van der Waals surface area contributed by atoms with Crippen molar-refractivity contribution in [3.8, 4) is 11.1 Å². The first-order chi connectivity index (χ1) is 69.4. The molecule has 37 heteroatoms. The van der Waals surface area contributed by atoms with E-state index in [1.54, 1.807) is 68.7 Å². The van der Waals surface area contributed by atoms with E-state index in [-0.39, 0.29) is 41.4 Å². The zero-order chi connectivity index (χ0) is 108. The fourth-order valence-corrected chi connectivity index (χ4v) is 16.9. The molecule has 6 aromatic heterocycles. The zero-order valence-electron chi connectivity index (χ0n) is 88.7. The van der Waals surface area contributed by atoms with Gasteiger partial charge in [-0.05, 0) is 346 Å². The van der Waals surface area contributed by atoms with Crippen LogP contribution in [0.2, 0.25) is 0 Å². The van der Waals surface area contributed by atoms with E-state index in [4.69, 9.17) is 34.4 Å². The number of aliphatic carboxylic acids is 1. The van der Waals surface area contributed by atoms with Crippen LogP contribution in [0.5, 0.6) is 0 Å². The number of carbonyl (C=O) groups excluding carboxylic acids is 8. The molecule has 9 heterocycles. The summed E-state index contributed by atoms with van der Waals surface area (Å²) in [5.74, 6) is 2.51. The first kappa shape index (κ1) is 115. The van der Waals surface area contributed by atoms with E-state index in [1.807, 2.05) is 259 Å². The molecule has 5 amide bonds. The van der Waals surface area contributed by atoms with E-state index in [0.717, 1.165) is 153 Å². The minimum absolute atomic E-state index is 0.118. The summed E-state index contributed by atoms with van der Waals surface area (Å²) in [5, 5.41) is 43.2. The molecule has 4 aromatic carbocycles. The van der Waals surface area contributed by atoms with Gasteiger partial charge in [0.25, 0.3) is 0 Å². The molecule has 148 heavy (non-hydrogen) atoms. The third-order valence-electron chi connectivity index (χ3n) is 26.3. The molecule has 17 rings (SSSR count). The highest BCUT2D eigenvalue weighted by atomic mass is 79.9. The molecule has 4 aliphatic carbocycles. The van der Waals surface area contributed by atoms with Gasteiger partial charge >= 0.3 is 31.4 Å². The number of halogens is 3. The number of benzene rings is 4. The normalized spacial score (nSPS) is 16.3. The maximum Gasteiger partial charge on any atom is 0.494 e. The first-order valence-electron chi connectivity index (χ1n) is 50.5. The lowest BCUT2D eigenvalue weighted by atomic mass is 9.74. The average molecular weight is 2220 g/mol. The number of H-pyrrole nitrogens is 1. The van der Waals surface area contributed by atoms with Crippen molar-refractivity contribution in [2.45, 2.75) is 296 Å². The molecule has 0 spiro atoms. The summed E-state index contributed by atoms with van der Waals surface area (Å²) in [7, 11) is -0.514. The summed E-state index contributed by atoms with van der Waals surface area (Å²) in [6, 6.07) is 45.2. The summed E-state index contributed by atoms with van der Waals surface area (Å²) in [4.78, 5) is 125. The second kappa shape index (κ2) is 48.2. The number of anilines is 6. The van der Waals surface area contributed by atoms with E-state index in [9.17, 15) is 43.2 Å². The molecule has 3 aliphatic heterocycles. The highest BCUT2D eigenvalue weighted by Gasteiger charge is 2.52. The predicted octanol–water partition coefficient (Wildman–Crippen LogP) is 22.2. The Morgan fingerprint density at radius 1 is 0.426 bits per heavy atom. The maximum atomic E-state index is 13.4. The van der Waals surface area contributed by atoms with Crippen molar-refractivity contribution >= 4 is 149 Å². The van der Waals surface area contributed by atoms with E-state index in [2.05, 4.69) is 120 Å². The van der Waals surface area contributed by atoms with Crippen LogP contribution in [0.3, 0.4) is 0 Å². The molecule has 7 aliphatic rings. The Bertz CT molecular complexity index is 6410. The number of hydrogen-bond donors (Lipinski definition) is 8. The molecule has 33 nitrogen and oxygen atoms in total. The molecule has 3 saturated heterocycles. The molecule has 7 fully saturated rings. The topological polar surface area (TPSA) is 421 Å². The summed E-state index contributed by atoms with van der Waals surface area (Å²) >= 11 is 10.1. The molecule has 4 saturated carbocycles. The summed E-state index contributed by atoms with van der Waals surface area (Å²) in [6.07, 6.45) is 22.3. The van der Waals surface area contributed by atoms with Gasteiger partial charge in [0.1, 0.15) is 34.3 Å². The number of nitrogens with one attached hydrogen (secondary N) is 6. The maximum absolute atomic E-state index is 13.4. The van der Waals surface area contributed by atoms with Gasteiger partial charge < -0.3 is 60.9 Å². The fourth-order valence-electron chi connectivity index (χ4n) is 15.9. The van der Waals surface area contributed by atoms with Crippen LogP contribution in [0.1, 0.15) is 291 Å². The zero-order valence-corrected chi connectivity index (χ0v) is 93.5. The number of carbonyl (C=O) groups is 9. The quantitative estimate of drug-likeness (QED) is 0.0150. The second-order valence-electron chi connectivity index (χ2n) is 44.5. The van der Waals surface area contributed by atoms with Gasteiger partial charge in [0.05, 0.1) is 49.9 Å². The van der Waals surface area contributed by atoms with E-state index in [0.29, 0.717) is 46.7 Å². The highest BCUT2D eigenvalue weighted by molar-refractivity contribution is 9.11. The second-order valence-corrected chi connectivity index (χ2v) is 47.2. The van der Waals surface area contributed by atoms with Crippen molar-refractivity contribution in [3.05, 3.63) is 241 Å². The monoisotopic (exact) mass is 2210 g/mol. The van der Waals surface area contributed by atoms with Crippen molar-refractivity contribution in [1.29, 1.82) is 0 Å². The third kappa shape index (κ3) is 32.7. The molecule has 0 atom stereocenters. The fraction of sp³-hybridized carbons (Fsp3) is 0.468. The van der Waals surface area contributed by atoms with Gasteiger partial charge in [0, 0.05) is 110 Å². The third-order valence-corrected chi connectivity index (χ3v) is 27.7. The molecule has 9 N–H and O–H groups in total. The molecule has 0 unspecified atom stereocenters. The van der Waals surface area contributed by atoms with Gasteiger partial charge in [0.2, 0.25) is 29.5 Å². The Kier molecular flexibility index (Phi) is 37.3. The number of carboxylic acids is 1. The first-order valence-corrected chi connectivity index (χ1v) is 52.8. The Balaban J connectivity index is 0.000000164. The minimum Gasteiger partial charge on any atom is -0.481 e. The average Bonchev–Trinajstić information content (AvgIpc) is 1.61. The van der Waals surface area contributed by atoms with Crippen molar-refractivity contribution in [3.63, 3.8) is 0 Å². The van der Waals surface area contributed by atoms with Crippen LogP contribution < -0.4 is 37.8 Å². The number of ether oxygens (including phenoxy) is 3. The lowest BCUT2D eigenvalue weighted by Crippen LogP contribution is -2.41. The van der Waals surface area contributed by atoms with Crippen molar-refractivity contribution in [1.82, 2.24) is 59.3 Å². The van der Waals surface area contributed by atoms with E-state index < -0.39 is 81.0 Å². The number of aromatic nitrogens is 10. The van der Waals surface area contributed by atoms with Crippen LogP contribution >= 0.6 is 47.8 Å². The molecular weight excluding hydrogens is 2080 g/mol. The number of likely N-dealkylation sites (tertiary alicyclic amines) is 2. The van der Waals surface area contributed by atoms with Gasteiger partial charge in [-0.25, -0.2) is 24.4 Å². The van der Waals surface area contributed by atoms with Crippen LogP contribution in [0.15, 0.2) is 196 Å². The van der Waals surface area contributed by atoms with Gasteiger partial charge in [-0.15, -0.1) is 15.3 Å². The number of pyridine rings is 2. The molecular formula is C111H142BBr3N18O15. The minimum atomic E-state index is -0.880. The number of hydrogen-bond acceptors (Lipinski definition) is 23. The number of nitrogens with two attached hydrogens (primary N) is 1. The number of amides is 5. The smallest absolute Gasteiger partial charge is 0.481 e. The lowest BCUT2D eigenvalue weighted by Gasteiger charge is -2.32. The number of carboxylic acid groups (broad SMARTS) is 1. The van der Waals surface area contributed by atoms with Crippen LogP contribution in [0.25, 0.3) is 11.1 Å². The van der Waals surface area contributed by atoms with Gasteiger partial charge in [0.15, 0.2) is 17.5 Å². The Morgan fingerprint density at radius 2 is 0.804 bits per heavy atom. The van der Waals surface area contributed by atoms with Crippen LogP contribution in [-0.2, 0) is 73.9 Å². The number of rotatable bonds is 25. The molecule has 0 radical (unpaired) electrons. The Hall–Kier alpha value is -12.1. The van der Waals surface area contributed by atoms with Crippen LogP contribution in [0, 0.1) is 0 Å². The summed E-state index contributed by atoms with van der Waals surface area (Å²) in [5.41, 5.74) is 9.29. The Morgan fingerprint density at radius 3 is 1.20 bits per heavy atom. The van der Waals surface area contributed by atoms with Crippen molar-refractivity contribution in [2.75, 3.05) is 71.6 Å². The van der Waals surface area contributed by atoms with Crippen LogP contribution in [0.4, 0.5) is 49.3 Å². The molecule has 10 aromatic rings. The SMILES string of the molecule is CC(C)(C(=O)Nc1cc(C2CC2)[nH]n1)c1cccc(-c2ccc(NC(=O)/C=C/CN3CCCC3)nc2)c1.CC(C)(C(=O)O)c1cccc(Br)c1.CC(C)(C)OC(=O)n1nc(N)cc1C1CC1.CC(C)(C)OC(=O)n1nc(NC(=O)C(C)(C)c2cccc(B3OC(C)(C)C(C)(C)O3)c2)cc1C1CC1.CC(C)(C)OC(=O)n1nc(NC(=O)C(C)(C)c2cccc(Br)c2)cc1C1CC1.O=C(/C=C/CN1CCCC1)Nc1ccc(Br)cn1. The summed E-state index contributed by atoms with van der Waals surface area (Å²) < 4.78 is 35.2. The predicted molar refractivity (Wildman–Crippen MR) is 587 cm³/mol. The van der Waals surface area contributed by atoms with Gasteiger partial charge in [-0.3, -0.25) is 43.7 Å². The van der Waals surface area contributed by atoms with Gasteiger partial charge in [-0.2, -0.15) is 19.1 Å². The van der Waals surface area contributed by atoms with Crippen molar-refractivity contribution in [2.24, 2.45) is 0 Å². The lowest BCUT2D eigenvalue weighted by molar-refractivity contribution is -0.142. The molecule has 0 bridgehead atoms. The molecule has 790 valence electrons. The number of nitrogen functional groups attached to an aromatic ring is 1. The van der Waals surface area contributed by atoms with E-state index in [1.165, 1.54) is 52.6 Å². The largest absolute Gasteiger partial charge is 0.494 e. The Labute approximate surface area is 893 Å². The van der Waals surface area contributed by atoms with E-state index >= 15 is 0 Å².